The maximum absolute atomic E-state index is 4.72. The average Bonchev–Trinajstić information content (AvgIpc) is 3.38. The lowest BCUT2D eigenvalue weighted by atomic mass is 10.1. The molecule has 2 saturated heterocycles. The van der Waals surface area contributed by atoms with Gasteiger partial charge in [-0.05, 0) is 25.7 Å². The third-order valence-corrected chi connectivity index (χ3v) is 11.1. The summed E-state index contributed by atoms with van der Waals surface area (Å²) >= 11 is 22.9. The van der Waals surface area contributed by atoms with E-state index in [4.69, 9.17) is 50.5 Å². The Morgan fingerprint density at radius 2 is 1.09 bits per heavy atom. The van der Waals surface area contributed by atoms with Crippen LogP contribution in [0.3, 0.4) is 0 Å². The second-order valence-corrected chi connectivity index (χ2v) is 13.9. The SMILES string of the molecule is SC(CCSSCCC(S)C(S)CC1CS1)C(S)CC1CS1. The molecular formula is C14H26S8. The highest BCUT2D eigenvalue weighted by Gasteiger charge is 2.28. The van der Waals surface area contributed by atoms with Crippen LogP contribution in [0.5, 0.6) is 0 Å². The molecule has 0 N–H and O–H groups in total. The molecule has 2 aliphatic rings. The van der Waals surface area contributed by atoms with Crippen LogP contribution >= 0.6 is 95.6 Å². The van der Waals surface area contributed by atoms with Crippen LogP contribution in [0.4, 0.5) is 0 Å². The summed E-state index contributed by atoms with van der Waals surface area (Å²) in [5.41, 5.74) is 0. The molecular weight excluding hydrogens is 425 g/mol. The molecule has 0 spiro atoms. The highest BCUT2D eigenvalue weighted by molar-refractivity contribution is 8.76. The van der Waals surface area contributed by atoms with E-state index in [0.29, 0.717) is 21.0 Å². The van der Waals surface area contributed by atoms with Crippen molar-refractivity contribution >= 4 is 95.6 Å². The summed E-state index contributed by atoms with van der Waals surface area (Å²) in [7, 11) is 3.96. The summed E-state index contributed by atoms with van der Waals surface area (Å²) in [5.74, 6) is 5.01. The van der Waals surface area contributed by atoms with Crippen LogP contribution in [0.15, 0.2) is 0 Å². The minimum Gasteiger partial charge on any atom is -0.175 e. The fourth-order valence-electron chi connectivity index (χ4n) is 2.10. The van der Waals surface area contributed by atoms with Gasteiger partial charge in [-0.15, -0.1) is 0 Å². The van der Waals surface area contributed by atoms with Crippen molar-refractivity contribution < 1.29 is 0 Å². The van der Waals surface area contributed by atoms with Gasteiger partial charge in [0.25, 0.3) is 0 Å². The summed E-state index contributed by atoms with van der Waals surface area (Å²) in [5, 5.41) is 3.53. The molecule has 6 unspecified atom stereocenters. The van der Waals surface area contributed by atoms with E-state index in [9.17, 15) is 0 Å². The number of hydrogen-bond acceptors (Lipinski definition) is 8. The van der Waals surface area contributed by atoms with Gasteiger partial charge in [-0.1, -0.05) is 21.6 Å². The van der Waals surface area contributed by atoms with Crippen LogP contribution in [0.2, 0.25) is 0 Å². The molecule has 0 bridgehead atoms. The summed E-state index contributed by atoms with van der Waals surface area (Å²) in [6.45, 7) is 0. The summed E-state index contributed by atoms with van der Waals surface area (Å²) in [4.78, 5) is 0. The first-order valence-electron chi connectivity index (χ1n) is 7.76. The fourth-order valence-corrected chi connectivity index (χ4v) is 7.50. The molecule has 0 nitrogen and oxygen atoms in total. The Hall–Kier alpha value is 2.80. The van der Waals surface area contributed by atoms with E-state index >= 15 is 0 Å². The third-order valence-electron chi connectivity index (χ3n) is 3.78. The van der Waals surface area contributed by atoms with E-state index < -0.39 is 0 Å². The predicted molar refractivity (Wildman–Crippen MR) is 127 cm³/mol. The maximum atomic E-state index is 4.72. The zero-order chi connectivity index (χ0) is 15.9. The molecule has 130 valence electrons. The Morgan fingerprint density at radius 3 is 1.41 bits per heavy atom. The molecule has 0 amide bonds. The third kappa shape index (κ3) is 9.48. The molecule has 2 rings (SSSR count). The van der Waals surface area contributed by atoms with E-state index in [1.54, 1.807) is 0 Å². The van der Waals surface area contributed by atoms with Crippen LogP contribution in [0, 0.1) is 0 Å². The minimum absolute atomic E-state index is 0.438. The van der Waals surface area contributed by atoms with E-state index in [0.717, 1.165) is 23.3 Å². The minimum atomic E-state index is 0.438. The maximum Gasteiger partial charge on any atom is 0.0149 e. The van der Waals surface area contributed by atoms with Crippen LogP contribution < -0.4 is 0 Å². The Morgan fingerprint density at radius 1 is 0.727 bits per heavy atom. The normalized spacial score (nSPS) is 28.9. The van der Waals surface area contributed by atoms with Crippen LogP contribution in [0.25, 0.3) is 0 Å². The van der Waals surface area contributed by atoms with Crippen molar-refractivity contribution in [1.82, 2.24) is 0 Å². The van der Waals surface area contributed by atoms with Gasteiger partial charge in [-0.3, -0.25) is 0 Å². The zero-order valence-electron chi connectivity index (χ0n) is 12.5. The van der Waals surface area contributed by atoms with Crippen LogP contribution in [-0.2, 0) is 0 Å². The molecule has 0 aromatic rings. The first kappa shape index (κ1) is 21.1. The van der Waals surface area contributed by atoms with Crippen molar-refractivity contribution in [3.8, 4) is 0 Å². The van der Waals surface area contributed by atoms with Crippen molar-refractivity contribution in [2.24, 2.45) is 0 Å². The van der Waals surface area contributed by atoms with Crippen molar-refractivity contribution in [3.63, 3.8) is 0 Å². The van der Waals surface area contributed by atoms with Gasteiger partial charge in [0.05, 0.1) is 0 Å². The number of thioether (sulfide) groups is 2. The van der Waals surface area contributed by atoms with Gasteiger partial charge in [0.2, 0.25) is 0 Å². The molecule has 2 aliphatic heterocycles. The Kier molecular flexibility index (Phi) is 11.0. The lowest BCUT2D eigenvalue weighted by Crippen LogP contribution is -2.18. The van der Waals surface area contributed by atoms with Crippen molar-refractivity contribution in [2.75, 3.05) is 23.0 Å². The molecule has 22 heavy (non-hydrogen) atoms. The van der Waals surface area contributed by atoms with E-state index in [1.807, 2.05) is 21.6 Å². The molecule has 0 aromatic carbocycles. The average molecular weight is 451 g/mol. The summed E-state index contributed by atoms with van der Waals surface area (Å²) in [6.07, 6.45) is 4.77. The first-order chi connectivity index (χ1) is 10.6. The lowest BCUT2D eigenvalue weighted by Gasteiger charge is -2.18. The molecule has 0 radical (unpaired) electrons. The monoisotopic (exact) mass is 450 g/mol. The van der Waals surface area contributed by atoms with Crippen LogP contribution in [-0.4, -0.2) is 54.5 Å². The number of thiol groups is 4. The second kappa shape index (κ2) is 11.5. The Bertz CT molecular complexity index is 277. The van der Waals surface area contributed by atoms with E-state index in [2.05, 4.69) is 23.5 Å². The molecule has 6 atom stereocenters. The smallest absolute Gasteiger partial charge is 0.0149 e. The van der Waals surface area contributed by atoms with Crippen molar-refractivity contribution in [2.45, 2.75) is 57.2 Å². The summed E-state index contributed by atoms with van der Waals surface area (Å²) < 4.78 is 0. The Labute approximate surface area is 174 Å². The van der Waals surface area contributed by atoms with Gasteiger partial charge in [-0.2, -0.15) is 74.0 Å². The highest BCUT2D eigenvalue weighted by Crippen LogP contribution is 2.38. The number of hydrogen-bond donors (Lipinski definition) is 4. The van der Waals surface area contributed by atoms with E-state index in [-0.39, 0.29) is 0 Å². The molecule has 0 aromatic heterocycles. The van der Waals surface area contributed by atoms with Gasteiger partial charge in [0.15, 0.2) is 0 Å². The highest BCUT2D eigenvalue weighted by atomic mass is 33.1. The Balaban J connectivity index is 1.41. The largest absolute Gasteiger partial charge is 0.175 e. The fraction of sp³-hybridized carbons (Fsp3) is 1.00. The van der Waals surface area contributed by atoms with Gasteiger partial charge in [0, 0.05) is 54.5 Å². The standard InChI is InChI=1S/C14H26S8/c15-11(13(17)5-9-7-19-9)1-3-21-22-4-2-12(16)14(18)6-10-8-20-10/h9-18H,1-8H2. The molecule has 2 heterocycles. The molecule has 2 fully saturated rings. The molecule has 8 heteroatoms. The van der Waals surface area contributed by atoms with E-state index in [1.165, 1.54) is 35.9 Å². The van der Waals surface area contributed by atoms with Gasteiger partial charge >= 0.3 is 0 Å². The number of rotatable bonds is 13. The second-order valence-electron chi connectivity index (χ2n) is 5.87. The molecule has 0 saturated carbocycles. The molecule has 0 aliphatic carbocycles. The van der Waals surface area contributed by atoms with Gasteiger partial charge in [0.1, 0.15) is 0 Å². The predicted octanol–water partition coefficient (Wildman–Crippen LogP) is 5.35. The van der Waals surface area contributed by atoms with Crippen molar-refractivity contribution in [3.05, 3.63) is 0 Å². The summed E-state index contributed by atoms with van der Waals surface area (Å²) in [6, 6.07) is 0. The van der Waals surface area contributed by atoms with Crippen LogP contribution in [0.1, 0.15) is 25.7 Å². The van der Waals surface area contributed by atoms with Crippen molar-refractivity contribution in [1.29, 1.82) is 0 Å². The topological polar surface area (TPSA) is 0 Å². The van der Waals surface area contributed by atoms with Gasteiger partial charge < -0.3 is 0 Å². The first-order valence-corrected chi connectivity index (χ1v) is 14.4. The lowest BCUT2D eigenvalue weighted by molar-refractivity contribution is 0.726. The quantitative estimate of drug-likeness (QED) is 0.129. The zero-order valence-corrected chi connectivity index (χ0v) is 19.4. The van der Waals surface area contributed by atoms with Gasteiger partial charge in [-0.25, -0.2) is 0 Å².